The van der Waals surface area contributed by atoms with Crippen LogP contribution in [0.4, 0.5) is 13.2 Å². The Labute approximate surface area is 153 Å². The molecule has 0 aromatic rings. The molecule has 26 heavy (non-hydrogen) atoms. The quantitative estimate of drug-likeness (QED) is 0.583. The Balaban J connectivity index is 1.90. The van der Waals surface area contributed by atoms with E-state index in [1.54, 1.807) is 0 Å². The van der Waals surface area contributed by atoms with Crippen molar-refractivity contribution >= 4 is 16.0 Å². The van der Waals surface area contributed by atoms with E-state index in [4.69, 9.17) is 0 Å². The minimum absolute atomic E-state index is 0.0974. The predicted molar refractivity (Wildman–Crippen MR) is 95.2 cm³/mol. The number of aliphatic imine (C=N–C) groups is 1. The molecule has 2 saturated heterocycles. The predicted octanol–water partition coefficient (Wildman–Crippen LogP) is 2.25. The molecule has 0 radical (unpaired) electrons. The van der Waals surface area contributed by atoms with Gasteiger partial charge in [-0.15, -0.1) is 0 Å². The van der Waals surface area contributed by atoms with Crippen LogP contribution in [-0.4, -0.2) is 68.4 Å². The van der Waals surface area contributed by atoms with Crippen LogP contribution in [0.2, 0.25) is 0 Å². The standard InChI is InChI=1S/C16H29F3N4O2S/c1-3-20-15(22-8-4-13(2)5-9-22)21-12-14-6-10-23(11-7-14)26(24,25)16(17,18)19/h13-14H,3-12H2,1-2H3,(H,20,21). The lowest BCUT2D eigenvalue weighted by Crippen LogP contribution is -2.46. The average molecular weight is 398 g/mol. The molecule has 0 spiro atoms. The summed E-state index contributed by atoms with van der Waals surface area (Å²) in [6.07, 6.45) is 3.04. The van der Waals surface area contributed by atoms with Crippen molar-refractivity contribution in [3.63, 3.8) is 0 Å². The van der Waals surface area contributed by atoms with Crippen molar-refractivity contribution in [1.82, 2.24) is 14.5 Å². The maximum Gasteiger partial charge on any atom is 0.511 e. The highest BCUT2D eigenvalue weighted by Gasteiger charge is 2.50. The Hall–Kier alpha value is -1.03. The monoisotopic (exact) mass is 398 g/mol. The molecule has 152 valence electrons. The van der Waals surface area contributed by atoms with Crippen LogP contribution in [0.5, 0.6) is 0 Å². The lowest BCUT2D eigenvalue weighted by molar-refractivity contribution is -0.0496. The highest BCUT2D eigenvalue weighted by molar-refractivity contribution is 7.90. The summed E-state index contributed by atoms with van der Waals surface area (Å²) in [7, 11) is -5.21. The normalized spacial score (nSPS) is 22.7. The van der Waals surface area contributed by atoms with Crippen molar-refractivity contribution in [1.29, 1.82) is 0 Å². The maximum absolute atomic E-state index is 12.6. The lowest BCUT2D eigenvalue weighted by Gasteiger charge is -2.34. The van der Waals surface area contributed by atoms with Gasteiger partial charge in [-0.3, -0.25) is 4.99 Å². The summed E-state index contributed by atoms with van der Waals surface area (Å²) in [6, 6.07) is 0. The smallest absolute Gasteiger partial charge is 0.357 e. The van der Waals surface area contributed by atoms with E-state index in [9.17, 15) is 21.6 Å². The van der Waals surface area contributed by atoms with Gasteiger partial charge in [-0.2, -0.15) is 17.5 Å². The molecular weight excluding hydrogens is 369 g/mol. The molecule has 10 heteroatoms. The number of halogens is 3. The zero-order valence-electron chi connectivity index (χ0n) is 15.4. The van der Waals surface area contributed by atoms with Crippen molar-refractivity contribution in [2.45, 2.75) is 45.0 Å². The fraction of sp³-hybridized carbons (Fsp3) is 0.938. The van der Waals surface area contributed by atoms with Gasteiger partial charge >= 0.3 is 15.5 Å². The second-order valence-electron chi connectivity index (χ2n) is 7.16. The lowest BCUT2D eigenvalue weighted by atomic mass is 9.98. The maximum atomic E-state index is 12.6. The van der Waals surface area contributed by atoms with E-state index in [1.165, 1.54) is 0 Å². The van der Waals surface area contributed by atoms with E-state index in [1.807, 2.05) is 6.92 Å². The number of alkyl halides is 3. The Bertz CT molecular complexity index is 579. The topological polar surface area (TPSA) is 65.0 Å². The van der Waals surface area contributed by atoms with Gasteiger partial charge in [0.05, 0.1) is 0 Å². The number of nitrogens with one attached hydrogen (secondary N) is 1. The molecule has 0 unspecified atom stereocenters. The van der Waals surface area contributed by atoms with Gasteiger partial charge in [-0.25, -0.2) is 8.42 Å². The van der Waals surface area contributed by atoms with Crippen LogP contribution in [-0.2, 0) is 10.0 Å². The number of hydrogen-bond donors (Lipinski definition) is 1. The average Bonchev–Trinajstić information content (AvgIpc) is 2.59. The van der Waals surface area contributed by atoms with Gasteiger partial charge in [-0.05, 0) is 44.4 Å². The third-order valence-corrected chi connectivity index (χ3v) is 6.75. The van der Waals surface area contributed by atoms with E-state index in [0.717, 1.165) is 38.4 Å². The Morgan fingerprint density at radius 3 is 2.19 bits per heavy atom. The molecule has 0 atom stereocenters. The van der Waals surface area contributed by atoms with Crippen molar-refractivity contribution < 1.29 is 21.6 Å². The van der Waals surface area contributed by atoms with Gasteiger partial charge in [-0.1, -0.05) is 6.92 Å². The Morgan fingerprint density at radius 2 is 1.69 bits per heavy atom. The van der Waals surface area contributed by atoms with Gasteiger partial charge in [0.1, 0.15) is 0 Å². The Kier molecular flexibility index (Phi) is 7.18. The second-order valence-corrected chi connectivity index (χ2v) is 9.09. The molecule has 0 bridgehead atoms. The molecule has 0 aromatic heterocycles. The molecule has 2 aliphatic heterocycles. The van der Waals surface area contributed by atoms with Crippen molar-refractivity contribution in [2.75, 3.05) is 39.3 Å². The van der Waals surface area contributed by atoms with E-state index in [0.29, 0.717) is 29.6 Å². The number of piperidine rings is 2. The van der Waals surface area contributed by atoms with E-state index < -0.39 is 15.5 Å². The molecule has 0 aromatic carbocycles. The van der Waals surface area contributed by atoms with Crippen molar-refractivity contribution in [3.05, 3.63) is 0 Å². The van der Waals surface area contributed by atoms with E-state index >= 15 is 0 Å². The summed E-state index contributed by atoms with van der Waals surface area (Å²) in [6.45, 7) is 7.22. The molecule has 6 nitrogen and oxygen atoms in total. The number of likely N-dealkylation sites (tertiary alicyclic amines) is 1. The summed E-state index contributed by atoms with van der Waals surface area (Å²) in [5.74, 6) is 1.67. The van der Waals surface area contributed by atoms with Gasteiger partial charge in [0.15, 0.2) is 5.96 Å². The third-order valence-electron chi connectivity index (χ3n) is 5.12. The molecule has 2 aliphatic rings. The van der Waals surface area contributed by atoms with Crippen LogP contribution in [0.1, 0.15) is 39.5 Å². The van der Waals surface area contributed by atoms with Crippen LogP contribution in [0.15, 0.2) is 4.99 Å². The summed E-state index contributed by atoms with van der Waals surface area (Å²) in [5.41, 5.74) is -5.22. The summed E-state index contributed by atoms with van der Waals surface area (Å²) in [5, 5.41) is 3.28. The summed E-state index contributed by atoms with van der Waals surface area (Å²) >= 11 is 0. The van der Waals surface area contributed by atoms with Gasteiger partial charge in [0, 0.05) is 39.3 Å². The minimum Gasteiger partial charge on any atom is -0.357 e. The minimum atomic E-state index is -5.22. The number of hydrogen-bond acceptors (Lipinski definition) is 3. The van der Waals surface area contributed by atoms with Crippen molar-refractivity contribution in [3.8, 4) is 0 Å². The van der Waals surface area contributed by atoms with Crippen LogP contribution < -0.4 is 5.32 Å². The molecular formula is C16H29F3N4O2S. The van der Waals surface area contributed by atoms with Crippen LogP contribution >= 0.6 is 0 Å². The number of sulfonamides is 1. The van der Waals surface area contributed by atoms with Crippen LogP contribution in [0.3, 0.4) is 0 Å². The van der Waals surface area contributed by atoms with Gasteiger partial charge < -0.3 is 10.2 Å². The highest BCUT2D eigenvalue weighted by Crippen LogP contribution is 2.30. The summed E-state index contributed by atoms with van der Waals surface area (Å²) in [4.78, 5) is 6.89. The van der Waals surface area contributed by atoms with Crippen molar-refractivity contribution in [2.24, 2.45) is 16.8 Å². The highest BCUT2D eigenvalue weighted by atomic mass is 32.2. The molecule has 0 aliphatic carbocycles. The van der Waals surface area contributed by atoms with E-state index in [2.05, 4.69) is 22.1 Å². The molecule has 2 heterocycles. The van der Waals surface area contributed by atoms with E-state index in [-0.39, 0.29) is 19.0 Å². The molecule has 1 N–H and O–H groups in total. The molecule has 0 saturated carbocycles. The molecule has 0 amide bonds. The fourth-order valence-electron chi connectivity index (χ4n) is 3.34. The number of nitrogens with zero attached hydrogens (tertiary/aromatic N) is 3. The SMILES string of the molecule is CCNC(=NCC1CCN(S(=O)(=O)C(F)(F)F)CC1)N1CCC(C)CC1. The van der Waals surface area contributed by atoms with Gasteiger partial charge in [0.25, 0.3) is 0 Å². The number of guanidine groups is 1. The fourth-order valence-corrected chi connectivity index (χ4v) is 4.32. The molecule has 2 fully saturated rings. The van der Waals surface area contributed by atoms with Gasteiger partial charge in [0.2, 0.25) is 0 Å². The number of rotatable bonds is 4. The first-order chi connectivity index (χ1) is 12.1. The molecule has 2 rings (SSSR count). The third kappa shape index (κ3) is 5.25. The Morgan fingerprint density at radius 1 is 1.12 bits per heavy atom. The first-order valence-electron chi connectivity index (χ1n) is 9.24. The zero-order valence-corrected chi connectivity index (χ0v) is 16.2. The van der Waals surface area contributed by atoms with Crippen LogP contribution in [0.25, 0.3) is 0 Å². The first-order valence-corrected chi connectivity index (χ1v) is 10.7. The zero-order chi connectivity index (χ0) is 19.4. The second kappa shape index (κ2) is 8.77. The first kappa shape index (κ1) is 21.3. The largest absolute Gasteiger partial charge is 0.511 e. The summed E-state index contributed by atoms with van der Waals surface area (Å²) < 4.78 is 61.3. The van der Waals surface area contributed by atoms with Crippen LogP contribution in [0, 0.1) is 11.8 Å².